The number of nitrogens with zero attached hydrogens (tertiary/aromatic N) is 4. The number of rotatable bonds is 4. The lowest BCUT2D eigenvalue weighted by atomic mass is 9.98. The molecule has 0 amide bonds. The topological polar surface area (TPSA) is 52.8 Å². The average Bonchev–Trinajstić information content (AvgIpc) is 3.24. The largest absolute Gasteiger partial charge is 0.497 e. The van der Waals surface area contributed by atoms with Crippen LogP contribution in [0.2, 0.25) is 0 Å². The molecular weight excluding hydrogens is 264 g/mol. The van der Waals surface area contributed by atoms with Crippen LogP contribution in [0.25, 0.3) is 5.57 Å². The van der Waals surface area contributed by atoms with Crippen molar-refractivity contribution in [2.45, 2.75) is 25.8 Å². The van der Waals surface area contributed by atoms with Gasteiger partial charge in [0.2, 0.25) is 0 Å². The van der Waals surface area contributed by atoms with Gasteiger partial charge in [-0.05, 0) is 64.8 Å². The van der Waals surface area contributed by atoms with Crippen molar-refractivity contribution >= 4 is 5.57 Å². The van der Waals surface area contributed by atoms with Gasteiger partial charge in [0.15, 0.2) is 5.82 Å². The monoisotopic (exact) mass is 282 g/mol. The van der Waals surface area contributed by atoms with E-state index in [0.29, 0.717) is 12.5 Å². The van der Waals surface area contributed by atoms with Gasteiger partial charge in [0.05, 0.1) is 13.7 Å². The lowest BCUT2D eigenvalue weighted by Crippen LogP contribution is -2.09. The quantitative estimate of drug-likeness (QED) is 0.864. The fraction of sp³-hybridized carbons (Fsp3) is 0.438. The second-order valence-electron chi connectivity index (χ2n) is 5.90. The predicted octanol–water partition coefficient (Wildman–Crippen LogP) is 2.54. The van der Waals surface area contributed by atoms with Crippen LogP contribution in [0.5, 0.6) is 5.75 Å². The van der Waals surface area contributed by atoms with Crippen molar-refractivity contribution in [3.8, 4) is 5.75 Å². The first-order valence-electron chi connectivity index (χ1n) is 7.44. The third kappa shape index (κ3) is 2.22. The molecule has 1 heterocycles. The summed E-state index contributed by atoms with van der Waals surface area (Å²) < 4.78 is 7.10. The van der Waals surface area contributed by atoms with Gasteiger partial charge in [0, 0.05) is 0 Å². The van der Waals surface area contributed by atoms with Gasteiger partial charge in [0.25, 0.3) is 0 Å². The highest BCUT2D eigenvalue weighted by Gasteiger charge is 2.35. The number of hydrogen-bond donors (Lipinski definition) is 0. The first-order valence-corrected chi connectivity index (χ1v) is 7.44. The second kappa shape index (κ2) is 4.98. The summed E-state index contributed by atoms with van der Waals surface area (Å²) in [6, 6.07) is 8.05. The molecule has 0 radical (unpaired) electrons. The molecule has 4 rings (SSSR count). The molecule has 2 atom stereocenters. The third-order valence-electron chi connectivity index (χ3n) is 4.61. The maximum Gasteiger partial charge on any atom is 0.178 e. The minimum atomic E-state index is 0.663. The summed E-state index contributed by atoms with van der Waals surface area (Å²) >= 11 is 0. The van der Waals surface area contributed by atoms with Crippen LogP contribution in [-0.2, 0) is 6.54 Å². The molecule has 0 N–H and O–H groups in total. The SMILES string of the molecule is COc1ccc(Cn2nnnc2C2=CC3CCC2C3)cc1. The van der Waals surface area contributed by atoms with Gasteiger partial charge in [-0.3, -0.25) is 0 Å². The van der Waals surface area contributed by atoms with Crippen molar-refractivity contribution in [2.24, 2.45) is 11.8 Å². The van der Waals surface area contributed by atoms with Crippen molar-refractivity contribution in [3.63, 3.8) is 0 Å². The summed E-state index contributed by atoms with van der Waals surface area (Å²) in [5.41, 5.74) is 2.53. The number of methoxy groups -OCH3 is 1. The van der Waals surface area contributed by atoms with Gasteiger partial charge in [0.1, 0.15) is 5.75 Å². The highest BCUT2D eigenvalue weighted by Crippen LogP contribution is 2.47. The molecule has 2 aromatic rings. The fourth-order valence-electron chi connectivity index (χ4n) is 3.52. The number of benzene rings is 1. The molecule has 1 saturated carbocycles. The van der Waals surface area contributed by atoms with Crippen LogP contribution in [0, 0.1) is 11.8 Å². The van der Waals surface area contributed by atoms with E-state index in [1.165, 1.54) is 30.4 Å². The highest BCUT2D eigenvalue weighted by molar-refractivity contribution is 5.65. The number of fused-ring (bicyclic) bond motifs is 2. The van der Waals surface area contributed by atoms with Crippen LogP contribution in [0.4, 0.5) is 0 Å². The normalized spacial score (nSPS) is 23.4. The van der Waals surface area contributed by atoms with Crippen molar-refractivity contribution in [1.82, 2.24) is 20.2 Å². The summed E-state index contributed by atoms with van der Waals surface area (Å²) in [6.45, 7) is 0.695. The molecule has 1 aromatic heterocycles. The molecular formula is C16H18N4O. The van der Waals surface area contributed by atoms with Gasteiger partial charge in [-0.1, -0.05) is 18.2 Å². The molecule has 0 aliphatic heterocycles. The fourth-order valence-corrected chi connectivity index (χ4v) is 3.52. The van der Waals surface area contributed by atoms with Crippen LogP contribution in [-0.4, -0.2) is 27.3 Å². The molecule has 0 spiro atoms. The maximum absolute atomic E-state index is 5.19. The van der Waals surface area contributed by atoms with Gasteiger partial charge < -0.3 is 4.74 Å². The second-order valence-corrected chi connectivity index (χ2v) is 5.90. The Morgan fingerprint density at radius 1 is 1.24 bits per heavy atom. The van der Waals surface area contributed by atoms with Crippen LogP contribution in [0.1, 0.15) is 30.7 Å². The Kier molecular flexibility index (Phi) is 2.98. The zero-order chi connectivity index (χ0) is 14.2. The first-order chi connectivity index (χ1) is 10.3. The lowest BCUT2D eigenvalue weighted by Gasteiger charge is -2.13. The van der Waals surface area contributed by atoms with Gasteiger partial charge in [-0.2, -0.15) is 0 Å². The lowest BCUT2D eigenvalue weighted by molar-refractivity contribution is 0.414. The molecule has 21 heavy (non-hydrogen) atoms. The Morgan fingerprint density at radius 3 is 2.76 bits per heavy atom. The molecule has 2 bridgehead atoms. The zero-order valence-electron chi connectivity index (χ0n) is 12.1. The van der Waals surface area contributed by atoms with E-state index in [1.54, 1.807) is 7.11 Å². The smallest absolute Gasteiger partial charge is 0.178 e. The Hall–Kier alpha value is -2.17. The number of ether oxygens (including phenoxy) is 1. The summed E-state index contributed by atoms with van der Waals surface area (Å²) in [7, 11) is 1.68. The van der Waals surface area contributed by atoms with E-state index in [0.717, 1.165) is 17.5 Å². The number of aromatic nitrogens is 4. The first kappa shape index (κ1) is 12.6. The molecule has 1 aromatic carbocycles. The third-order valence-corrected chi connectivity index (χ3v) is 4.61. The Labute approximate surface area is 123 Å². The number of hydrogen-bond acceptors (Lipinski definition) is 4. The van der Waals surface area contributed by atoms with Crippen LogP contribution in [0.15, 0.2) is 30.3 Å². The van der Waals surface area contributed by atoms with Crippen molar-refractivity contribution in [3.05, 3.63) is 41.7 Å². The van der Waals surface area contributed by atoms with E-state index >= 15 is 0 Å². The van der Waals surface area contributed by atoms with E-state index in [4.69, 9.17) is 4.74 Å². The van der Waals surface area contributed by atoms with E-state index in [-0.39, 0.29) is 0 Å². The van der Waals surface area contributed by atoms with Crippen LogP contribution < -0.4 is 4.74 Å². The van der Waals surface area contributed by atoms with Gasteiger partial charge in [-0.15, -0.1) is 5.10 Å². The van der Waals surface area contributed by atoms with Crippen molar-refractivity contribution < 1.29 is 4.74 Å². The molecule has 2 unspecified atom stereocenters. The summed E-state index contributed by atoms with van der Waals surface area (Å²) in [5, 5.41) is 12.3. The summed E-state index contributed by atoms with van der Waals surface area (Å²) in [4.78, 5) is 0. The van der Waals surface area contributed by atoms with Gasteiger partial charge >= 0.3 is 0 Å². The van der Waals surface area contributed by atoms with E-state index in [9.17, 15) is 0 Å². The molecule has 2 aliphatic carbocycles. The summed E-state index contributed by atoms with van der Waals surface area (Å²) in [5.74, 6) is 3.22. The van der Waals surface area contributed by atoms with Crippen molar-refractivity contribution in [1.29, 1.82) is 0 Å². The van der Waals surface area contributed by atoms with E-state index < -0.39 is 0 Å². The maximum atomic E-state index is 5.19. The summed E-state index contributed by atoms with van der Waals surface area (Å²) in [6.07, 6.45) is 6.27. The Bertz CT molecular complexity index is 674. The van der Waals surface area contributed by atoms with Gasteiger partial charge in [-0.25, -0.2) is 4.68 Å². The highest BCUT2D eigenvalue weighted by atomic mass is 16.5. The standard InChI is InChI=1S/C16H18N4O/c1-21-14-6-3-11(4-7-14)10-20-16(17-18-19-20)15-9-12-2-5-13(15)8-12/h3-4,6-7,9,12-13H,2,5,8,10H2,1H3. The number of tetrazole rings is 1. The Balaban J connectivity index is 1.59. The number of allylic oxidation sites excluding steroid dienone is 2. The van der Waals surface area contributed by atoms with E-state index in [2.05, 4.69) is 33.7 Å². The minimum absolute atomic E-state index is 0.663. The predicted molar refractivity (Wildman–Crippen MR) is 78.7 cm³/mol. The van der Waals surface area contributed by atoms with Crippen LogP contribution in [0.3, 0.4) is 0 Å². The molecule has 0 saturated heterocycles. The van der Waals surface area contributed by atoms with Crippen molar-refractivity contribution in [2.75, 3.05) is 7.11 Å². The molecule has 5 heteroatoms. The van der Waals surface area contributed by atoms with E-state index in [1.807, 2.05) is 16.8 Å². The molecule has 5 nitrogen and oxygen atoms in total. The van der Waals surface area contributed by atoms with Crippen LogP contribution >= 0.6 is 0 Å². The minimum Gasteiger partial charge on any atom is -0.497 e. The Morgan fingerprint density at radius 2 is 2.10 bits per heavy atom. The molecule has 1 fully saturated rings. The molecule has 2 aliphatic rings. The zero-order valence-corrected chi connectivity index (χ0v) is 12.1. The average molecular weight is 282 g/mol. The molecule has 108 valence electrons.